The molecule has 27 heavy (non-hydrogen) atoms. The van der Waals surface area contributed by atoms with Gasteiger partial charge in [-0.15, -0.1) is 0 Å². The van der Waals surface area contributed by atoms with Crippen LogP contribution in [-0.4, -0.2) is 20.2 Å². The van der Waals surface area contributed by atoms with Gasteiger partial charge in [0.15, 0.2) is 0 Å². The predicted octanol–water partition coefficient (Wildman–Crippen LogP) is 2.39. The smallest absolute Gasteiger partial charge is 0.283 e. The molecule has 3 N–H and O–H groups in total. The van der Waals surface area contributed by atoms with Crippen LogP contribution in [0.4, 0.5) is 11.4 Å². The molecule has 9 heteroatoms. The number of benzene rings is 2. The largest absolute Gasteiger partial charge is 0.350 e. The topological polar surface area (TPSA) is 110 Å². The molecule has 0 bridgehead atoms. The second-order valence-electron chi connectivity index (χ2n) is 6.12. The summed E-state index contributed by atoms with van der Waals surface area (Å²) < 4.78 is 22.6. The molecule has 0 saturated heterocycles. The number of hydrogen-bond acceptors (Lipinski definition) is 5. The average molecular weight is 406 g/mol. The van der Waals surface area contributed by atoms with Gasteiger partial charge in [-0.3, -0.25) is 9.59 Å². The van der Waals surface area contributed by atoms with Crippen molar-refractivity contribution in [3.8, 4) is 0 Å². The van der Waals surface area contributed by atoms with Crippen molar-refractivity contribution in [1.29, 1.82) is 0 Å². The van der Waals surface area contributed by atoms with Crippen molar-refractivity contribution in [1.82, 2.24) is 0 Å². The van der Waals surface area contributed by atoms with Gasteiger partial charge in [0.25, 0.3) is 11.8 Å². The van der Waals surface area contributed by atoms with Crippen LogP contribution in [0, 0.1) is 13.8 Å². The van der Waals surface area contributed by atoms with Crippen LogP contribution < -0.4 is 15.4 Å². The number of nitrogens with one attached hydrogen (secondary N) is 1. The van der Waals surface area contributed by atoms with E-state index in [0.717, 1.165) is 16.0 Å². The number of imide groups is 1. The Morgan fingerprint density at radius 1 is 1.00 bits per heavy atom. The third kappa shape index (κ3) is 3.59. The fourth-order valence-electron chi connectivity index (χ4n) is 2.66. The number of nitrogens with zero attached hydrogens (tertiary/aromatic N) is 1. The predicted molar refractivity (Wildman–Crippen MR) is 103 cm³/mol. The van der Waals surface area contributed by atoms with E-state index in [1.165, 1.54) is 24.3 Å². The molecule has 0 radical (unpaired) electrons. The first kappa shape index (κ1) is 19.1. The summed E-state index contributed by atoms with van der Waals surface area (Å²) in [6, 6.07) is 10.9. The minimum absolute atomic E-state index is 0.0704. The Balaban J connectivity index is 1.92. The maximum absolute atomic E-state index is 12.8. The molecule has 7 nitrogen and oxygen atoms in total. The molecule has 0 spiro atoms. The molecule has 0 unspecified atom stereocenters. The molecule has 2 aromatic rings. The zero-order valence-corrected chi connectivity index (χ0v) is 16.1. The fourth-order valence-corrected chi connectivity index (χ4v) is 3.39. The van der Waals surface area contributed by atoms with E-state index in [-0.39, 0.29) is 15.6 Å². The summed E-state index contributed by atoms with van der Waals surface area (Å²) in [6.07, 6.45) is 0. The van der Waals surface area contributed by atoms with Crippen molar-refractivity contribution in [3.05, 3.63) is 64.3 Å². The monoisotopic (exact) mass is 405 g/mol. The number of anilines is 2. The van der Waals surface area contributed by atoms with Gasteiger partial charge in [-0.05, 0) is 55.3 Å². The van der Waals surface area contributed by atoms with Crippen LogP contribution in [0.3, 0.4) is 0 Å². The Bertz CT molecular complexity index is 1090. The number of amides is 2. The Kier molecular flexibility index (Phi) is 4.81. The quantitative estimate of drug-likeness (QED) is 0.759. The normalized spacial score (nSPS) is 14.9. The number of sulfonamides is 1. The number of halogens is 1. The van der Waals surface area contributed by atoms with Crippen LogP contribution in [0.1, 0.15) is 11.1 Å². The van der Waals surface area contributed by atoms with Crippen molar-refractivity contribution < 1.29 is 18.0 Å². The number of rotatable bonds is 4. The van der Waals surface area contributed by atoms with Crippen LogP contribution in [0.15, 0.2) is 58.1 Å². The Morgan fingerprint density at radius 2 is 1.63 bits per heavy atom. The highest BCUT2D eigenvalue weighted by molar-refractivity contribution is 7.89. The summed E-state index contributed by atoms with van der Waals surface area (Å²) >= 11 is 6.10. The van der Waals surface area contributed by atoms with Gasteiger partial charge in [-0.25, -0.2) is 18.5 Å². The zero-order valence-electron chi connectivity index (χ0n) is 14.5. The van der Waals surface area contributed by atoms with Gasteiger partial charge in [0.2, 0.25) is 10.0 Å². The van der Waals surface area contributed by atoms with E-state index in [2.05, 4.69) is 5.32 Å². The lowest BCUT2D eigenvalue weighted by Gasteiger charge is -2.18. The third-order valence-corrected chi connectivity index (χ3v) is 5.36. The summed E-state index contributed by atoms with van der Waals surface area (Å²) in [4.78, 5) is 26.3. The first-order valence-corrected chi connectivity index (χ1v) is 9.77. The van der Waals surface area contributed by atoms with E-state index in [0.29, 0.717) is 11.4 Å². The maximum atomic E-state index is 12.8. The zero-order chi connectivity index (χ0) is 19.9. The highest BCUT2D eigenvalue weighted by Gasteiger charge is 2.39. The molecule has 2 amide bonds. The van der Waals surface area contributed by atoms with Gasteiger partial charge < -0.3 is 5.32 Å². The molecule has 3 rings (SSSR count). The summed E-state index contributed by atoms with van der Waals surface area (Å²) in [5.41, 5.74) is 2.42. The van der Waals surface area contributed by atoms with Gasteiger partial charge in [0, 0.05) is 5.69 Å². The van der Waals surface area contributed by atoms with Crippen LogP contribution in [0.25, 0.3) is 0 Å². The van der Waals surface area contributed by atoms with Gasteiger partial charge in [0.1, 0.15) is 10.7 Å². The van der Waals surface area contributed by atoms with E-state index in [9.17, 15) is 18.0 Å². The van der Waals surface area contributed by atoms with E-state index < -0.39 is 21.8 Å². The summed E-state index contributed by atoms with van der Waals surface area (Å²) in [7, 11) is -3.83. The van der Waals surface area contributed by atoms with Gasteiger partial charge in [0.05, 0.1) is 10.6 Å². The molecule has 1 aliphatic heterocycles. The molecule has 0 aliphatic carbocycles. The van der Waals surface area contributed by atoms with Crippen molar-refractivity contribution in [2.75, 3.05) is 10.2 Å². The molecular formula is C18H16ClN3O4S. The third-order valence-electron chi connectivity index (χ3n) is 4.09. The second kappa shape index (κ2) is 6.80. The number of nitrogens with two attached hydrogens (primary N) is 1. The number of aryl methyl sites for hydroxylation is 2. The lowest BCUT2D eigenvalue weighted by atomic mass is 10.1. The van der Waals surface area contributed by atoms with Gasteiger partial charge in [-0.1, -0.05) is 23.7 Å². The van der Waals surface area contributed by atoms with Crippen molar-refractivity contribution in [2.24, 2.45) is 5.14 Å². The highest BCUT2D eigenvalue weighted by atomic mass is 35.5. The number of primary sulfonamides is 1. The van der Waals surface area contributed by atoms with Crippen LogP contribution >= 0.6 is 11.6 Å². The summed E-state index contributed by atoms with van der Waals surface area (Å²) in [5.74, 6) is -1.21. The second-order valence-corrected chi connectivity index (χ2v) is 8.06. The standard InChI is InChI=1S/C18H16ClN3O4S/c1-10-3-4-11(2)14(9-10)22-17(23)15(19)16(18(22)24)21-12-5-7-13(8-6-12)27(20,25)26/h3-9,21H,1-2H3,(H2,20,25,26). The van der Waals surface area contributed by atoms with Crippen LogP contribution in [0.2, 0.25) is 0 Å². The molecular weight excluding hydrogens is 390 g/mol. The minimum atomic E-state index is -3.83. The van der Waals surface area contributed by atoms with E-state index in [1.807, 2.05) is 19.1 Å². The Morgan fingerprint density at radius 3 is 2.22 bits per heavy atom. The number of hydrogen-bond donors (Lipinski definition) is 2. The molecule has 0 aromatic heterocycles. The molecule has 2 aromatic carbocycles. The molecule has 0 fully saturated rings. The average Bonchev–Trinajstić information content (AvgIpc) is 2.80. The van der Waals surface area contributed by atoms with Crippen LogP contribution in [0.5, 0.6) is 0 Å². The van der Waals surface area contributed by atoms with Crippen molar-refractivity contribution >= 4 is 44.8 Å². The molecule has 140 valence electrons. The molecule has 0 atom stereocenters. The molecule has 1 aliphatic rings. The SMILES string of the molecule is Cc1ccc(C)c(N2C(=O)C(Cl)=C(Nc3ccc(S(N)(=O)=O)cc3)C2=O)c1. The maximum Gasteiger partial charge on any atom is 0.283 e. The molecule has 1 heterocycles. The number of carbonyl (C=O) groups is 2. The first-order valence-electron chi connectivity index (χ1n) is 7.85. The number of carbonyl (C=O) groups excluding carboxylic acids is 2. The van der Waals surface area contributed by atoms with E-state index in [4.69, 9.17) is 16.7 Å². The summed E-state index contributed by atoms with van der Waals surface area (Å²) in [5, 5.41) is 7.60. The van der Waals surface area contributed by atoms with Crippen molar-refractivity contribution in [3.63, 3.8) is 0 Å². The van der Waals surface area contributed by atoms with Gasteiger partial charge in [-0.2, -0.15) is 0 Å². The Hall–Kier alpha value is -2.68. The van der Waals surface area contributed by atoms with Crippen molar-refractivity contribution in [2.45, 2.75) is 18.7 Å². The van der Waals surface area contributed by atoms with Crippen LogP contribution in [-0.2, 0) is 19.6 Å². The van der Waals surface area contributed by atoms with E-state index >= 15 is 0 Å². The first-order chi connectivity index (χ1) is 12.6. The molecule has 0 saturated carbocycles. The Labute approximate surface area is 161 Å². The minimum Gasteiger partial charge on any atom is -0.350 e. The lowest BCUT2D eigenvalue weighted by molar-refractivity contribution is -0.120. The lowest BCUT2D eigenvalue weighted by Crippen LogP contribution is -2.32. The fraction of sp³-hybridized carbons (Fsp3) is 0.111. The van der Waals surface area contributed by atoms with Gasteiger partial charge >= 0.3 is 0 Å². The van der Waals surface area contributed by atoms with E-state index in [1.54, 1.807) is 13.0 Å². The summed E-state index contributed by atoms with van der Waals surface area (Å²) in [6.45, 7) is 3.65. The highest BCUT2D eigenvalue weighted by Crippen LogP contribution is 2.32.